The number of hydrogen-bond donors (Lipinski definition) is 1. The lowest BCUT2D eigenvalue weighted by atomic mass is 9.96. The van der Waals surface area contributed by atoms with Crippen molar-refractivity contribution < 1.29 is 33.6 Å². The number of ketones is 1. The Morgan fingerprint density at radius 2 is 1.90 bits per heavy atom. The third-order valence-electron chi connectivity index (χ3n) is 4.63. The molecule has 1 aliphatic rings. The monoisotopic (exact) mass is 402 g/mol. The van der Waals surface area contributed by atoms with Crippen molar-refractivity contribution in [1.29, 1.82) is 0 Å². The van der Waals surface area contributed by atoms with Gasteiger partial charge in [-0.25, -0.2) is 4.79 Å². The summed E-state index contributed by atoms with van der Waals surface area (Å²) in [7, 11) is 4.20. The van der Waals surface area contributed by atoms with Crippen molar-refractivity contribution in [3.63, 3.8) is 0 Å². The topological polar surface area (TPSA) is 91.3 Å². The van der Waals surface area contributed by atoms with Gasteiger partial charge in [0.05, 0.1) is 13.5 Å². The molecule has 2 atom stereocenters. The van der Waals surface area contributed by atoms with Crippen LogP contribution in [0.25, 0.3) is 0 Å². The van der Waals surface area contributed by atoms with Crippen molar-refractivity contribution in [3.05, 3.63) is 66.0 Å². The third-order valence-corrected chi connectivity index (χ3v) is 4.63. The molecule has 2 unspecified atom stereocenters. The Hall–Kier alpha value is -2.74. The Labute approximate surface area is 170 Å². The first-order chi connectivity index (χ1) is 13.7. The standard InChI is InChI=1S/C22H26O7/c1-21(27-3,20(24)29-18-8-6-5-7-9-18)14-17(23)11-10-16-12-13-22(25,28-4)15-19(16)26-2/h5-12,15,25H,13-14H2,1-4H3. The molecular formula is C22H26O7. The highest BCUT2D eigenvalue weighted by Crippen LogP contribution is 2.28. The average molecular weight is 402 g/mol. The van der Waals surface area contributed by atoms with Gasteiger partial charge in [0, 0.05) is 32.3 Å². The molecule has 0 saturated carbocycles. The van der Waals surface area contributed by atoms with E-state index >= 15 is 0 Å². The second-order valence-electron chi connectivity index (χ2n) is 6.74. The van der Waals surface area contributed by atoms with E-state index in [0.29, 0.717) is 17.1 Å². The van der Waals surface area contributed by atoms with Gasteiger partial charge in [0.2, 0.25) is 0 Å². The Balaban J connectivity index is 2.06. The highest BCUT2D eigenvalue weighted by Gasteiger charge is 2.37. The summed E-state index contributed by atoms with van der Waals surface area (Å²) in [4.78, 5) is 25.0. The Morgan fingerprint density at radius 1 is 1.21 bits per heavy atom. The van der Waals surface area contributed by atoms with Crippen LogP contribution in [0.2, 0.25) is 0 Å². The van der Waals surface area contributed by atoms with Gasteiger partial charge in [-0.1, -0.05) is 24.3 Å². The zero-order valence-corrected chi connectivity index (χ0v) is 17.0. The summed E-state index contributed by atoms with van der Waals surface area (Å²) in [5.41, 5.74) is -0.817. The number of methoxy groups -OCH3 is 3. The highest BCUT2D eigenvalue weighted by atomic mass is 16.6. The summed E-state index contributed by atoms with van der Waals surface area (Å²) < 4.78 is 20.9. The van der Waals surface area contributed by atoms with Gasteiger partial charge in [-0.3, -0.25) is 4.79 Å². The molecule has 1 aromatic rings. The molecule has 29 heavy (non-hydrogen) atoms. The summed E-state index contributed by atoms with van der Waals surface area (Å²) in [5, 5.41) is 10.2. The zero-order chi connectivity index (χ0) is 21.5. The summed E-state index contributed by atoms with van der Waals surface area (Å²) >= 11 is 0. The van der Waals surface area contributed by atoms with Crippen LogP contribution in [0.15, 0.2) is 66.0 Å². The van der Waals surface area contributed by atoms with Crippen LogP contribution in [-0.2, 0) is 23.8 Å². The van der Waals surface area contributed by atoms with Gasteiger partial charge in [0.15, 0.2) is 17.2 Å². The van der Waals surface area contributed by atoms with Crippen LogP contribution in [0.5, 0.6) is 5.75 Å². The molecule has 156 valence electrons. The molecule has 1 aliphatic carbocycles. The molecule has 0 fully saturated rings. The molecule has 0 heterocycles. The minimum Gasteiger partial charge on any atom is -0.496 e. The maximum absolute atomic E-state index is 12.5. The first-order valence-electron chi connectivity index (χ1n) is 9.03. The van der Waals surface area contributed by atoms with Crippen molar-refractivity contribution in [2.24, 2.45) is 0 Å². The number of ether oxygens (including phenoxy) is 4. The lowest BCUT2D eigenvalue weighted by Gasteiger charge is -2.26. The molecule has 0 amide bonds. The lowest BCUT2D eigenvalue weighted by Crippen LogP contribution is -2.42. The second kappa shape index (κ2) is 9.65. The van der Waals surface area contributed by atoms with Crippen LogP contribution in [-0.4, -0.2) is 49.6 Å². The van der Waals surface area contributed by atoms with Crippen LogP contribution in [0, 0.1) is 0 Å². The number of carbonyl (C=O) groups excluding carboxylic acids is 2. The summed E-state index contributed by atoms with van der Waals surface area (Å²) in [6.07, 6.45) is 6.05. The van der Waals surface area contributed by atoms with Crippen LogP contribution >= 0.6 is 0 Å². The fourth-order valence-electron chi connectivity index (χ4n) is 2.68. The first-order valence-corrected chi connectivity index (χ1v) is 9.03. The molecule has 7 nitrogen and oxygen atoms in total. The molecule has 1 N–H and O–H groups in total. The van der Waals surface area contributed by atoms with E-state index in [0.717, 1.165) is 0 Å². The Morgan fingerprint density at radius 3 is 2.48 bits per heavy atom. The predicted octanol–water partition coefficient (Wildman–Crippen LogP) is 2.71. The summed E-state index contributed by atoms with van der Waals surface area (Å²) in [5.74, 6) is -1.68. The average Bonchev–Trinajstić information content (AvgIpc) is 2.73. The van der Waals surface area contributed by atoms with Gasteiger partial charge < -0.3 is 24.1 Å². The van der Waals surface area contributed by atoms with Crippen molar-refractivity contribution in [1.82, 2.24) is 0 Å². The Kier molecular flexibility index (Phi) is 7.50. The fourth-order valence-corrected chi connectivity index (χ4v) is 2.68. The minimum absolute atomic E-state index is 0.201. The predicted molar refractivity (Wildman–Crippen MR) is 106 cm³/mol. The van der Waals surface area contributed by atoms with E-state index in [9.17, 15) is 14.7 Å². The van der Waals surface area contributed by atoms with Gasteiger partial charge >= 0.3 is 5.97 Å². The molecule has 2 rings (SSSR count). The van der Waals surface area contributed by atoms with E-state index in [-0.39, 0.29) is 18.6 Å². The first kappa shape index (κ1) is 22.5. The van der Waals surface area contributed by atoms with E-state index in [1.807, 2.05) is 0 Å². The van der Waals surface area contributed by atoms with Crippen molar-refractivity contribution in [2.45, 2.75) is 31.2 Å². The number of carbonyl (C=O) groups is 2. The lowest BCUT2D eigenvalue weighted by molar-refractivity contribution is -0.159. The highest BCUT2D eigenvalue weighted by molar-refractivity contribution is 5.96. The van der Waals surface area contributed by atoms with Crippen molar-refractivity contribution >= 4 is 11.8 Å². The molecule has 0 aliphatic heterocycles. The van der Waals surface area contributed by atoms with Gasteiger partial charge in [0.25, 0.3) is 0 Å². The number of aliphatic hydroxyl groups is 1. The van der Waals surface area contributed by atoms with E-state index in [1.165, 1.54) is 40.4 Å². The largest absolute Gasteiger partial charge is 0.496 e. The molecule has 7 heteroatoms. The zero-order valence-electron chi connectivity index (χ0n) is 17.0. The van der Waals surface area contributed by atoms with Crippen LogP contribution in [0.3, 0.4) is 0 Å². The normalized spacial score (nSPS) is 21.1. The van der Waals surface area contributed by atoms with Crippen molar-refractivity contribution in [3.8, 4) is 5.75 Å². The Bertz CT molecular complexity index is 825. The molecule has 0 aromatic heterocycles. The minimum atomic E-state index is -1.44. The number of para-hydroxylation sites is 1. The molecule has 0 bridgehead atoms. The van der Waals surface area contributed by atoms with Crippen LogP contribution < -0.4 is 4.74 Å². The van der Waals surface area contributed by atoms with Crippen LogP contribution in [0.1, 0.15) is 19.8 Å². The number of benzene rings is 1. The van der Waals surface area contributed by atoms with Crippen LogP contribution in [0.4, 0.5) is 0 Å². The van der Waals surface area contributed by atoms with Crippen molar-refractivity contribution in [2.75, 3.05) is 21.3 Å². The van der Waals surface area contributed by atoms with E-state index in [1.54, 1.807) is 42.5 Å². The van der Waals surface area contributed by atoms with Gasteiger partial charge in [0.1, 0.15) is 11.5 Å². The molecule has 0 spiro atoms. The van der Waals surface area contributed by atoms with E-state index in [4.69, 9.17) is 18.9 Å². The summed E-state index contributed by atoms with van der Waals surface area (Å²) in [6.45, 7) is 1.50. The van der Waals surface area contributed by atoms with Gasteiger partial charge in [-0.05, 0) is 31.2 Å². The molecule has 0 radical (unpaired) electrons. The third kappa shape index (κ3) is 5.87. The maximum Gasteiger partial charge on any atom is 0.343 e. The molecule has 1 aromatic carbocycles. The van der Waals surface area contributed by atoms with E-state index < -0.39 is 17.4 Å². The van der Waals surface area contributed by atoms with Gasteiger partial charge in [-0.2, -0.15) is 0 Å². The summed E-state index contributed by atoms with van der Waals surface area (Å²) in [6, 6.07) is 8.57. The number of allylic oxidation sites excluding steroid dienone is 2. The second-order valence-corrected chi connectivity index (χ2v) is 6.74. The number of rotatable bonds is 9. The fraction of sp³-hybridized carbons (Fsp3) is 0.364. The van der Waals surface area contributed by atoms with Gasteiger partial charge in [-0.15, -0.1) is 0 Å². The maximum atomic E-state index is 12.5. The molecule has 0 saturated heterocycles. The number of hydrogen-bond acceptors (Lipinski definition) is 7. The quantitative estimate of drug-likeness (QED) is 0.294. The number of esters is 1. The SMILES string of the molecule is COC1=CC(O)(OC)CC=C1C=CC(=O)CC(C)(OC)C(=O)Oc1ccccc1. The van der Waals surface area contributed by atoms with E-state index in [2.05, 4.69) is 0 Å². The molecular weight excluding hydrogens is 376 g/mol. The smallest absolute Gasteiger partial charge is 0.343 e.